The average Bonchev–Trinajstić information content (AvgIpc) is 2.83. The van der Waals surface area contributed by atoms with Gasteiger partial charge in [0.25, 0.3) is 0 Å². The number of ether oxygens (including phenoxy) is 2. The Kier molecular flexibility index (Phi) is 79.1. The number of rotatable bonds is 14. The Morgan fingerprint density at radius 2 is 0.692 bits per heavy atom. The Morgan fingerprint density at radius 3 is 0.769 bits per heavy atom. The molecule has 0 atom stereocenters. The standard InChI is InChI=1S/2C6H10O3.4C4H9O.Zr/c2*1-3-9-6(8)4-5(2)7;4*1-2-3-4-5;/h2*3-4H2,1-2H3;4*2-4H2,1H3;/q;;4*-1;+4. The van der Waals surface area contributed by atoms with Gasteiger partial charge in [0.1, 0.15) is 24.4 Å². The maximum absolute atomic E-state index is 10.4. The molecule has 0 heterocycles. The number of ketones is 2. The van der Waals surface area contributed by atoms with Crippen molar-refractivity contribution in [2.75, 3.05) is 39.6 Å². The van der Waals surface area contributed by atoms with Gasteiger partial charge in [-0.05, 0) is 27.7 Å². The van der Waals surface area contributed by atoms with E-state index >= 15 is 0 Å². The molecule has 0 radical (unpaired) electrons. The van der Waals surface area contributed by atoms with E-state index in [0.717, 1.165) is 51.4 Å². The quantitative estimate of drug-likeness (QED) is 0.200. The summed E-state index contributed by atoms with van der Waals surface area (Å²) in [4.78, 5) is 41.3. The zero-order valence-corrected chi connectivity index (χ0v) is 28.4. The molecule has 0 rings (SSSR count). The molecule has 0 aliphatic carbocycles. The van der Waals surface area contributed by atoms with E-state index in [2.05, 4.69) is 9.47 Å². The summed E-state index contributed by atoms with van der Waals surface area (Å²) < 4.78 is 8.99. The summed E-state index contributed by atoms with van der Waals surface area (Å²) in [6.07, 6.45) is 7.25. The first-order valence-electron chi connectivity index (χ1n) is 13.6. The van der Waals surface area contributed by atoms with Crippen molar-refractivity contribution in [2.24, 2.45) is 0 Å². The molecule has 0 saturated carbocycles. The molecular formula is C28H56O10Zr. The van der Waals surface area contributed by atoms with E-state index in [4.69, 9.17) is 0 Å². The van der Waals surface area contributed by atoms with E-state index < -0.39 is 11.9 Å². The first kappa shape index (κ1) is 54.1. The number of hydrogen-bond donors (Lipinski definition) is 0. The van der Waals surface area contributed by atoms with Crippen LogP contribution in [0.4, 0.5) is 0 Å². The van der Waals surface area contributed by atoms with Crippen LogP contribution in [0.2, 0.25) is 0 Å². The molecule has 0 aromatic carbocycles. The minimum absolute atomic E-state index is 0. The summed E-state index contributed by atoms with van der Waals surface area (Å²) in [5.74, 6) is -1.20. The monoisotopic (exact) mass is 642 g/mol. The predicted molar refractivity (Wildman–Crippen MR) is 143 cm³/mol. The van der Waals surface area contributed by atoms with Gasteiger partial charge in [-0.2, -0.15) is 0 Å². The van der Waals surface area contributed by atoms with Gasteiger partial charge in [-0.15, -0.1) is 26.4 Å². The Bertz CT molecular complexity index is 413. The van der Waals surface area contributed by atoms with Gasteiger partial charge in [-0.1, -0.05) is 79.1 Å². The van der Waals surface area contributed by atoms with Gasteiger partial charge in [0.15, 0.2) is 0 Å². The Hall–Kier alpha value is -0.997. The second-order valence-electron chi connectivity index (χ2n) is 7.60. The van der Waals surface area contributed by atoms with Crippen LogP contribution in [0.1, 0.15) is 120 Å². The van der Waals surface area contributed by atoms with Gasteiger partial charge >= 0.3 is 38.1 Å². The zero-order chi connectivity index (χ0) is 31.0. The third-order valence-corrected chi connectivity index (χ3v) is 3.39. The van der Waals surface area contributed by atoms with E-state index in [1.165, 1.54) is 13.8 Å². The van der Waals surface area contributed by atoms with Crippen molar-refractivity contribution in [2.45, 2.75) is 120 Å². The number of hydrogen-bond acceptors (Lipinski definition) is 10. The van der Waals surface area contributed by atoms with Gasteiger partial charge in [0, 0.05) is 0 Å². The fourth-order valence-corrected chi connectivity index (χ4v) is 1.41. The topological polar surface area (TPSA) is 179 Å². The van der Waals surface area contributed by atoms with Crippen molar-refractivity contribution in [1.82, 2.24) is 0 Å². The normalized spacial score (nSPS) is 8.31. The van der Waals surface area contributed by atoms with Gasteiger partial charge in [0.2, 0.25) is 0 Å². The fourth-order valence-electron chi connectivity index (χ4n) is 1.41. The fraction of sp³-hybridized carbons (Fsp3) is 0.857. The SMILES string of the molecule is CCCC[O-].CCCC[O-].CCCC[O-].CCCC[O-].CCOC(=O)CC(C)=O.CCOC(=O)CC(C)=O.[Zr+4]. The van der Waals surface area contributed by atoms with E-state index in [1.54, 1.807) is 13.8 Å². The number of unbranched alkanes of at least 4 members (excludes halogenated alkanes) is 4. The third kappa shape index (κ3) is 103. The van der Waals surface area contributed by atoms with Crippen LogP contribution < -0.4 is 20.4 Å². The molecule has 11 heteroatoms. The second-order valence-corrected chi connectivity index (χ2v) is 7.60. The summed E-state index contributed by atoms with van der Waals surface area (Å²) in [7, 11) is 0. The molecule has 0 aliphatic heterocycles. The van der Waals surface area contributed by atoms with Gasteiger partial charge in [-0.25, -0.2) is 0 Å². The van der Waals surface area contributed by atoms with Crippen LogP contribution in [-0.4, -0.2) is 63.1 Å². The molecule has 0 bridgehead atoms. The Balaban J connectivity index is -0.0000000643. The number of carbonyl (C=O) groups is 4. The number of carbonyl (C=O) groups excluding carboxylic acids is 4. The molecular weight excluding hydrogens is 588 g/mol. The third-order valence-electron chi connectivity index (χ3n) is 3.39. The molecule has 0 amide bonds. The van der Waals surface area contributed by atoms with Crippen LogP contribution in [0, 0.1) is 0 Å². The van der Waals surface area contributed by atoms with Crippen molar-refractivity contribution in [3.05, 3.63) is 0 Å². The summed E-state index contributed by atoms with van der Waals surface area (Å²) in [5.41, 5.74) is 0. The maximum atomic E-state index is 10.4. The van der Waals surface area contributed by atoms with Crippen molar-refractivity contribution in [3.63, 3.8) is 0 Å². The van der Waals surface area contributed by atoms with E-state index in [1.807, 2.05) is 27.7 Å². The minimum atomic E-state index is -0.440. The maximum Gasteiger partial charge on any atom is 4.00 e. The van der Waals surface area contributed by atoms with Crippen LogP contribution in [0.5, 0.6) is 0 Å². The van der Waals surface area contributed by atoms with E-state index in [-0.39, 0.29) is 77.0 Å². The number of esters is 2. The van der Waals surface area contributed by atoms with Crippen LogP contribution >= 0.6 is 0 Å². The molecule has 39 heavy (non-hydrogen) atoms. The molecule has 0 saturated heterocycles. The summed E-state index contributed by atoms with van der Waals surface area (Å²) >= 11 is 0. The van der Waals surface area contributed by atoms with Crippen LogP contribution in [0.25, 0.3) is 0 Å². The first-order valence-corrected chi connectivity index (χ1v) is 13.6. The van der Waals surface area contributed by atoms with Crippen molar-refractivity contribution < 1.29 is 75.3 Å². The van der Waals surface area contributed by atoms with Gasteiger partial charge in [0.05, 0.1) is 13.2 Å². The molecule has 0 unspecified atom stereocenters. The van der Waals surface area contributed by atoms with Gasteiger partial charge in [-0.3, -0.25) is 19.2 Å². The number of Topliss-reactive ketones (excluding diaryl/α,β-unsaturated/α-hetero) is 2. The second kappa shape index (κ2) is 57.0. The van der Waals surface area contributed by atoms with Crippen LogP contribution in [0.15, 0.2) is 0 Å². The van der Waals surface area contributed by atoms with Crippen molar-refractivity contribution >= 4 is 23.5 Å². The van der Waals surface area contributed by atoms with E-state index in [0.29, 0.717) is 13.2 Å². The molecule has 0 aromatic heterocycles. The largest absolute Gasteiger partial charge is 4.00 e. The molecule has 232 valence electrons. The smallest absolute Gasteiger partial charge is 0.854 e. The Labute approximate surface area is 257 Å². The predicted octanol–water partition coefficient (Wildman–Crippen LogP) is 1.64. The summed E-state index contributed by atoms with van der Waals surface area (Å²) in [6.45, 7) is 15.2. The summed E-state index contributed by atoms with van der Waals surface area (Å²) in [6, 6.07) is 0. The summed E-state index contributed by atoms with van der Waals surface area (Å²) in [5, 5.41) is 38.1. The molecule has 0 aromatic rings. The average molecular weight is 644 g/mol. The van der Waals surface area contributed by atoms with Crippen LogP contribution in [-0.2, 0) is 54.9 Å². The van der Waals surface area contributed by atoms with Gasteiger partial charge < -0.3 is 29.9 Å². The molecule has 0 fully saturated rings. The first-order chi connectivity index (χ1) is 18.0. The Morgan fingerprint density at radius 1 is 0.487 bits per heavy atom. The van der Waals surface area contributed by atoms with E-state index in [9.17, 15) is 39.6 Å². The van der Waals surface area contributed by atoms with Crippen molar-refractivity contribution in [1.29, 1.82) is 0 Å². The molecule has 0 aliphatic rings. The zero-order valence-electron chi connectivity index (χ0n) is 25.9. The minimum Gasteiger partial charge on any atom is -0.854 e. The molecule has 0 N–H and O–H groups in total. The molecule has 10 nitrogen and oxygen atoms in total. The molecule has 0 spiro atoms. The van der Waals surface area contributed by atoms with Crippen LogP contribution in [0.3, 0.4) is 0 Å². The van der Waals surface area contributed by atoms with Crippen molar-refractivity contribution in [3.8, 4) is 0 Å².